The van der Waals surface area contributed by atoms with Gasteiger partial charge in [0.2, 0.25) is 5.90 Å². The molecule has 0 unspecified atom stereocenters. The smallest absolute Gasteiger partial charge is 0.202 e. The van der Waals surface area contributed by atoms with Crippen molar-refractivity contribution < 1.29 is 9.84 Å². The Hall–Kier alpha value is -1.81. The van der Waals surface area contributed by atoms with Gasteiger partial charge in [0, 0.05) is 0 Å². The fourth-order valence-corrected chi connectivity index (χ4v) is 1.36. The molecule has 0 aromatic heterocycles. The molecule has 1 rings (SSSR count). The van der Waals surface area contributed by atoms with Crippen LogP contribution in [0.15, 0.2) is 35.8 Å². The minimum Gasteiger partial charge on any atom is -0.508 e. The number of hydrogen-bond donors (Lipinski definition) is 1. The molecule has 0 bridgehead atoms. The molecule has 4 heteroatoms. The highest BCUT2D eigenvalue weighted by atomic mass is 16.5. The van der Waals surface area contributed by atoms with Crippen LogP contribution in [-0.2, 0) is 4.74 Å². The molecule has 1 aromatic rings. The number of aromatic hydroxyl groups is 1. The van der Waals surface area contributed by atoms with Crippen molar-refractivity contribution in [1.29, 1.82) is 0 Å². The molecule has 0 aliphatic heterocycles. The number of benzene rings is 1. The third-order valence-corrected chi connectivity index (χ3v) is 2.64. The number of aliphatic imine (C=N–C) groups is 1. The summed E-state index contributed by atoms with van der Waals surface area (Å²) in [4.78, 5) is 6.45. The molecule has 0 fully saturated rings. The highest BCUT2D eigenvalue weighted by molar-refractivity contribution is 5.84. The topological polar surface area (TPSA) is 45.1 Å². The lowest BCUT2D eigenvalue weighted by atomic mass is 10.2. The zero-order valence-corrected chi connectivity index (χ0v) is 11.2. The molecule has 0 aliphatic carbocycles. The van der Waals surface area contributed by atoms with Crippen LogP contribution in [0, 0.1) is 0 Å². The molecular weight excluding hydrogens is 228 g/mol. The normalized spacial score (nSPS) is 11.7. The van der Waals surface area contributed by atoms with E-state index in [-0.39, 0.29) is 5.75 Å². The molecule has 0 saturated heterocycles. The Morgan fingerprint density at radius 1 is 1.39 bits per heavy atom. The summed E-state index contributed by atoms with van der Waals surface area (Å²) in [6.07, 6.45) is 0. The summed E-state index contributed by atoms with van der Waals surface area (Å²) in [6, 6.07) is 6.78. The first-order chi connectivity index (χ1) is 8.56. The fraction of sp³-hybridized carbons (Fsp3) is 0.357. The predicted molar refractivity (Wildman–Crippen MR) is 74.8 cm³/mol. The van der Waals surface area contributed by atoms with Crippen molar-refractivity contribution in [3.05, 3.63) is 36.4 Å². The van der Waals surface area contributed by atoms with Gasteiger partial charge < -0.3 is 9.84 Å². The van der Waals surface area contributed by atoms with Gasteiger partial charge in [0.05, 0.1) is 19.4 Å². The second kappa shape index (κ2) is 6.81. The van der Waals surface area contributed by atoms with E-state index in [2.05, 4.69) is 23.4 Å². The van der Waals surface area contributed by atoms with E-state index < -0.39 is 0 Å². The molecule has 0 radical (unpaired) electrons. The van der Waals surface area contributed by atoms with Gasteiger partial charge in [0.1, 0.15) is 5.75 Å². The summed E-state index contributed by atoms with van der Waals surface area (Å²) in [6.45, 7) is 7.55. The average Bonchev–Trinajstić information content (AvgIpc) is 2.38. The fourth-order valence-electron chi connectivity index (χ4n) is 1.36. The van der Waals surface area contributed by atoms with E-state index in [1.807, 2.05) is 7.05 Å². The van der Waals surface area contributed by atoms with Crippen molar-refractivity contribution in [3.63, 3.8) is 0 Å². The third kappa shape index (κ3) is 4.22. The van der Waals surface area contributed by atoms with Crippen LogP contribution in [0.4, 0.5) is 0 Å². The molecular formula is C14H20N2O2. The minimum absolute atomic E-state index is 0.230. The van der Waals surface area contributed by atoms with Crippen LogP contribution in [0.1, 0.15) is 12.5 Å². The van der Waals surface area contributed by atoms with Crippen molar-refractivity contribution in [2.75, 3.05) is 27.2 Å². The van der Waals surface area contributed by atoms with Crippen LogP contribution in [-0.4, -0.2) is 43.2 Å². The standard InChI is InChI=1S/C14H20N2O2/c1-5-16(3)10-14(18-4)15-11(2)12-6-8-13(17)9-7-12/h6-9,17H,2,5,10H2,1,3-4H3. The van der Waals surface area contributed by atoms with Gasteiger partial charge in [0.15, 0.2) is 0 Å². The zero-order chi connectivity index (χ0) is 13.5. The highest BCUT2D eigenvalue weighted by Gasteiger charge is 2.05. The number of phenolic OH excluding ortho intramolecular Hbond substituents is 1. The lowest BCUT2D eigenvalue weighted by Gasteiger charge is -2.14. The van der Waals surface area contributed by atoms with Gasteiger partial charge in [0.25, 0.3) is 0 Å². The van der Waals surface area contributed by atoms with Crippen molar-refractivity contribution >= 4 is 11.6 Å². The van der Waals surface area contributed by atoms with Crippen molar-refractivity contribution in [3.8, 4) is 5.75 Å². The average molecular weight is 248 g/mol. The maximum absolute atomic E-state index is 9.22. The highest BCUT2D eigenvalue weighted by Crippen LogP contribution is 2.17. The van der Waals surface area contributed by atoms with E-state index in [1.165, 1.54) is 0 Å². The lowest BCUT2D eigenvalue weighted by Crippen LogP contribution is -2.26. The molecule has 18 heavy (non-hydrogen) atoms. The van der Waals surface area contributed by atoms with Crippen LogP contribution < -0.4 is 0 Å². The summed E-state index contributed by atoms with van der Waals surface area (Å²) in [5, 5.41) is 9.22. The van der Waals surface area contributed by atoms with E-state index >= 15 is 0 Å². The monoisotopic (exact) mass is 248 g/mol. The van der Waals surface area contributed by atoms with Crippen molar-refractivity contribution in [2.24, 2.45) is 4.99 Å². The number of phenols is 1. The molecule has 0 heterocycles. The number of rotatable bonds is 5. The summed E-state index contributed by atoms with van der Waals surface area (Å²) in [5.41, 5.74) is 1.48. The van der Waals surface area contributed by atoms with Crippen LogP contribution in [0.2, 0.25) is 0 Å². The Morgan fingerprint density at radius 2 is 2.00 bits per heavy atom. The Morgan fingerprint density at radius 3 is 2.50 bits per heavy atom. The van der Waals surface area contributed by atoms with Gasteiger partial charge in [-0.05, 0) is 43.4 Å². The molecule has 98 valence electrons. The molecule has 1 aromatic carbocycles. The first kappa shape index (κ1) is 14.3. The number of methoxy groups -OCH3 is 1. The number of likely N-dealkylation sites (N-methyl/N-ethyl adjacent to an activating group) is 1. The van der Waals surface area contributed by atoms with Gasteiger partial charge in [-0.1, -0.05) is 13.5 Å². The SMILES string of the molecule is C=C(N=C(CN(C)CC)OC)c1ccc(O)cc1. The first-order valence-electron chi connectivity index (χ1n) is 5.85. The van der Waals surface area contributed by atoms with E-state index in [0.29, 0.717) is 18.1 Å². The number of ether oxygens (including phenoxy) is 1. The van der Waals surface area contributed by atoms with E-state index in [0.717, 1.165) is 12.1 Å². The second-order valence-electron chi connectivity index (χ2n) is 4.03. The van der Waals surface area contributed by atoms with Crippen LogP contribution in [0.3, 0.4) is 0 Å². The van der Waals surface area contributed by atoms with Crippen LogP contribution >= 0.6 is 0 Å². The molecule has 1 N–H and O–H groups in total. The maximum Gasteiger partial charge on any atom is 0.202 e. The van der Waals surface area contributed by atoms with Crippen LogP contribution in [0.5, 0.6) is 5.75 Å². The first-order valence-corrected chi connectivity index (χ1v) is 5.85. The van der Waals surface area contributed by atoms with Gasteiger partial charge in [-0.15, -0.1) is 0 Å². The molecule has 4 nitrogen and oxygen atoms in total. The van der Waals surface area contributed by atoms with Gasteiger partial charge in [-0.3, -0.25) is 4.90 Å². The molecule has 0 spiro atoms. The molecule has 0 atom stereocenters. The van der Waals surface area contributed by atoms with Crippen LogP contribution in [0.25, 0.3) is 5.70 Å². The van der Waals surface area contributed by atoms with Gasteiger partial charge in [-0.2, -0.15) is 0 Å². The maximum atomic E-state index is 9.22. The Bertz CT molecular complexity index is 424. The minimum atomic E-state index is 0.230. The van der Waals surface area contributed by atoms with Crippen molar-refractivity contribution in [2.45, 2.75) is 6.92 Å². The van der Waals surface area contributed by atoms with E-state index in [4.69, 9.17) is 4.74 Å². The quantitative estimate of drug-likeness (QED) is 0.642. The summed E-state index contributed by atoms with van der Waals surface area (Å²) in [5.74, 6) is 0.852. The zero-order valence-electron chi connectivity index (χ0n) is 11.2. The third-order valence-electron chi connectivity index (χ3n) is 2.64. The number of hydrogen-bond acceptors (Lipinski definition) is 4. The Kier molecular flexibility index (Phi) is 5.39. The molecule has 0 aliphatic rings. The molecule has 0 amide bonds. The largest absolute Gasteiger partial charge is 0.508 e. The Balaban J connectivity index is 2.79. The van der Waals surface area contributed by atoms with Crippen molar-refractivity contribution in [1.82, 2.24) is 4.90 Å². The predicted octanol–water partition coefficient (Wildman–Crippen LogP) is 2.36. The summed E-state index contributed by atoms with van der Waals surface area (Å²) >= 11 is 0. The lowest BCUT2D eigenvalue weighted by molar-refractivity contribution is 0.335. The van der Waals surface area contributed by atoms with E-state index in [1.54, 1.807) is 31.4 Å². The second-order valence-corrected chi connectivity index (χ2v) is 4.03. The number of nitrogens with zero attached hydrogens (tertiary/aromatic N) is 2. The molecule has 0 saturated carbocycles. The van der Waals surface area contributed by atoms with Gasteiger partial charge in [-0.25, -0.2) is 4.99 Å². The Labute approximate surface area is 108 Å². The van der Waals surface area contributed by atoms with E-state index in [9.17, 15) is 5.11 Å². The summed E-state index contributed by atoms with van der Waals surface area (Å²) in [7, 11) is 3.60. The summed E-state index contributed by atoms with van der Waals surface area (Å²) < 4.78 is 5.24. The van der Waals surface area contributed by atoms with Gasteiger partial charge >= 0.3 is 0 Å².